The number of imidazole rings is 1. The van der Waals surface area contributed by atoms with Gasteiger partial charge in [-0.05, 0) is 25.7 Å². The van der Waals surface area contributed by atoms with E-state index in [2.05, 4.69) is 30.4 Å². The molecule has 1 aliphatic heterocycles. The number of nitrogens with zero attached hydrogens (tertiary/aromatic N) is 4. The van der Waals surface area contributed by atoms with E-state index >= 15 is 0 Å². The first-order chi connectivity index (χ1) is 9.60. The Kier molecular flexibility index (Phi) is 3.28. The third-order valence-electron chi connectivity index (χ3n) is 4.10. The minimum Gasteiger partial charge on any atom is -0.383 e. The van der Waals surface area contributed by atoms with Gasteiger partial charge in [-0.2, -0.15) is 5.10 Å². The van der Waals surface area contributed by atoms with Crippen LogP contribution in [0.25, 0.3) is 11.3 Å². The van der Waals surface area contributed by atoms with E-state index in [9.17, 15) is 0 Å². The Hall–Kier alpha value is -1.78. The summed E-state index contributed by atoms with van der Waals surface area (Å²) < 4.78 is 4.16. The van der Waals surface area contributed by atoms with Gasteiger partial charge < -0.3 is 10.3 Å². The molecule has 0 amide bonds. The number of hydrogen-bond acceptors (Lipinski definition) is 3. The summed E-state index contributed by atoms with van der Waals surface area (Å²) in [6.07, 6.45) is 7.17. The van der Waals surface area contributed by atoms with E-state index in [0.717, 1.165) is 42.3 Å². The van der Waals surface area contributed by atoms with Gasteiger partial charge in [-0.25, -0.2) is 4.98 Å². The van der Waals surface area contributed by atoms with Crippen molar-refractivity contribution in [2.45, 2.75) is 52.6 Å². The van der Waals surface area contributed by atoms with Crippen molar-refractivity contribution in [1.29, 1.82) is 0 Å². The van der Waals surface area contributed by atoms with Gasteiger partial charge in [0, 0.05) is 30.8 Å². The topological polar surface area (TPSA) is 61.7 Å². The number of anilines is 1. The van der Waals surface area contributed by atoms with Crippen molar-refractivity contribution in [2.75, 3.05) is 5.73 Å². The third kappa shape index (κ3) is 2.11. The Morgan fingerprint density at radius 2 is 2.20 bits per heavy atom. The molecule has 0 spiro atoms. The number of rotatable bonds is 3. The fourth-order valence-corrected chi connectivity index (χ4v) is 3.26. The van der Waals surface area contributed by atoms with Gasteiger partial charge in [0.15, 0.2) is 0 Å². The number of nitrogens with two attached hydrogens (primary N) is 1. The molecule has 1 aliphatic rings. The molecular weight excluding hydrogens is 250 g/mol. The molecule has 2 N–H and O–H groups in total. The SMILES string of the molecule is CCCn1cc(-c2nc3n(c2N)C(C)CC(C)C3)cn1. The first kappa shape index (κ1) is 13.2. The minimum absolute atomic E-state index is 0.431. The molecule has 2 aromatic rings. The average molecular weight is 273 g/mol. The maximum Gasteiger partial charge on any atom is 0.132 e. The van der Waals surface area contributed by atoms with E-state index < -0.39 is 0 Å². The Morgan fingerprint density at radius 3 is 2.95 bits per heavy atom. The van der Waals surface area contributed by atoms with Gasteiger partial charge in [-0.3, -0.25) is 4.68 Å². The maximum atomic E-state index is 6.34. The van der Waals surface area contributed by atoms with Crippen LogP contribution in [0.2, 0.25) is 0 Å². The number of hydrogen-bond donors (Lipinski definition) is 1. The van der Waals surface area contributed by atoms with Crippen LogP contribution in [0.3, 0.4) is 0 Å². The molecular formula is C15H23N5. The molecule has 2 aromatic heterocycles. The van der Waals surface area contributed by atoms with Crippen molar-refractivity contribution in [3.05, 3.63) is 18.2 Å². The van der Waals surface area contributed by atoms with Crippen molar-refractivity contribution >= 4 is 5.82 Å². The molecule has 3 rings (SSSR count). The van der Waals surface area contributed by atoms with Crippen molar-refractivity contribution in [1.82, 2.24) is 19.3 Å². The normalized spacial score (nSPS) is 21.9. The van der Waals surface area contributed by atoms with Crippen LogP contribution in [-0.4, -0.2) is 19.3 Å². The summed E-state index contributed by atoms with van der Waals surface area (Å²) in [6.45, 7) is 7.58. The lowest BCUT2D eigenvalue weighted by atomic mass is 9.95. The lowest BCUT2D eigenvalue weighted by Crippen LogP contribution is -2.22. The molecule has 20 heavy (non-hydrogen) atoms. The summed E-state index contributed by atoms with van der Waals surface area (Å²) in [5, 5.41) is 4.38. The number of aryl methyl sites for hydroxylation is 1. The van der Waals surface area contributed by atoms with Crippen LogP contribution in [0.5, 0.6) is 0 Å². The van der Waals surface area contributed by atoms with Crippen molar-refractivity contribution in [3.8, 4) is 11.3 Å². The molecule has 5 nitrogen and oxygen atoms in total. The van der Waals surface area contributed by atoms with Gasteiger partial charge in [-0.1, -0.05) is 13.8 Å². The summed E-state index contributed by atoms with van der Waals surface area (Å²) in [7, 11) is 0. The molecule has 0 aromatic carbocycles. The van der Waals surface area contributed by atoms with Crippen LogP contribution >= 0.6 is 0 Å². The van der Waals surface area contributed by atoms with Crippen LogP contribution in [0, 0.1) is 5.92 Å². The van der Waals surface area contributed by atoms with Crippen molar-refractivity contribution in [3.63, 3.8) is 0 Å². The predicted octanol–water partition coefficient (Wildman–Crippen LogP) is 2.88. The summed E-state index contributed by atoms with van der Waals surface area (Å²) in [5.74, 6) is 2.58. The lowest BCUT2D eigenvalue weighted by Gasteiger charge is -2.27. The second kappa shape index (κ2) is 4.96. The average Bonchev–Trinajstić information content (AvgIpc) is 2.95. The summed E-state index contributed by atoms with van der Waals surface area (Å²) in [5.41, 5.74) is 8.26. The maximum absolute atomic E-state index is 6.34. The Balaban J connectivity index is 2.00. The van der Waals surface area contributed by atoms with Gasteiger partial charge in [-0.15, -0.1) is 0 Å². The highest BCUT2D eigenvalue weighted by molar-refractivity contribution is 5.70. The Bertz CT molecular complexity index is 610. The fourth-order valence-electron chi connectivity index (χ4n) is 3.26. The Labute approximate surface area is 119 Å². The molecule has 0 fully saturated rings. The number of nitrogen functional groups attached to an aromatic ring is 1. The molecule has 5 heteroatoms. The second-order valence-corrected chi connectivity index (χ2v) is 6.02. The van der Waals surface area contributed by atoms with Gasteiger partial charge in [0.25, 0.3) is 0 Å². The largest absolute Gasteiger partial charge is 0.383 e. The molecule has 0 radical (unpaired) electrons. The Morgan fingerprint density at radius 1 is 1.40 bits per heavy atom. The highest BCUT2D eigenvalue weighted by Crippen LogP contribution is 2.35. The van der Waals surface area contributed by atoms with Crippen LogP contribution in [-0.2, 0) is 13.0 Å². The molecule has 0 saturated carbocycles. The summed E-state index contributed by atoms with van der Waals surface area (Å²) >= 11 is 0. The zero-order valence-electron chi connectivity index (χ0n) is 12.5. The quantitative estimate of drug-likeness (QED) is 0.935. The second-order valence-electron chi connectivity index (χ2n) is 6.02. The molecule has 3 heterocycles. The predicted molar refractivity (Wildman–Crippen MR) is 80.3 cm³/mol. The smallest absolute Gasteiger partial charge is 0.132 e. The van der Waals surface area contributed by atoms with E-state index in [1.807, 2.05) is 17.1 Å². The fraction of sp³-hybridized carbons (Fsp3) is 0.600. The van der Waals surface area contributed by atoms with E-state index in [-0.39, 0.29) is 0 Å². The van der Waals surface area contributed by atoms with E-state index in [1.54, 1.807) is 0 Å². The number of fused-ring (bicyclic) bond motifs is 1. The highest BCUT2D eigenvalue weighted by atomic mass is 15.3. The monoisotopic (exact) mass is 273 g/mol. The van der Waals surface area contributed by atoms with E-state index in [4.69, 9.17) is 10.7 Å². The summed E-state index contributed by atoms with van der Waals surface area (Å²) in [4.78, 5) is 4.78. The third-order valence-corrected chi connectivity index (χ3v) is 4.10. The van der Waals surface area contributed by atoms with Gasteiger partial charge in [0.05, 0.1) is 6.20 Å². The molecule has 2 atom stereocenters. The van der Waals surface area contributed by atoms with Crippen LogP contribution in [0.4, 0.5) is 5.82 Å². The zero-order chi connectivity index (χ0) is 14.3. The van der Waals surface area contributed by atoms with Crippen molar-refractivity contribution in [2.24, 2.45) is 5.92 Å². The molecule has 0 saturated heterocycles. The molecule has 2 unspecified atom stereocenters. The zero-order valence-corrected chi connectivity index (χ0v) is 12.5. The first-order valence-corrected chi connectivity index (χ1v) is 7.49. The van der Waals surface area contributed by atoms with Gasteiger partial charge >= 0.3 is 0 Å². The van der Waals surface area contributed by atoms with Gasteiger partial charge in [0.2, 0.25) is 0 Å². The standard InChI is InChI=1S/C15H23N5/c1-4-5-19-9-12(8-17-19)14-15(16)20-11(3)6-10(2)7-13(20)18-14/h8-11H,4-7,16H2,1-3H3. The number of aromatic nitrogens is 4. The lowest BCUT2D eigenvalue weighted by molar-refractivity contribution is 0.346. The molecule has 0 aliphatic carbocycles. The molecule has 108 valence electrons. The highest BCUT2D eigenvalue weighted by Gasteiger charge is 2.27. The first-order valence-electron chi connectivity index (χ1n) is 7.49. The van der Waals surface area contributed by atoms with Crippen molar-refractivity contribution < 1.29 is 0 Å². The summed E-state index contributed by atoms with van der Waals surface area (Å²) in [6, 6.07) is 0.431. The van der Waals surface area contributed by atoms with Crippen LogP contribution in [0.1, 0.15) is 45.5 Å². The van der Waals surface area contributed by atoms with Gasteiger partial charge in [0.1, 0.15) is 17.3 Å². The van der Waals surface area contributed by atoms with E-state index in [1.165, 1.54) is 6.42 Å². The van der Waals surface area contributed by atoms with E-state index in [0.29, 0.717) is 12.0 Å². The molecule has 0 bridgehead atoms. The minimum atomic E-state index is 0.431. The van der Waals surface area contributed by atoms with Crippen LogP contribution < -0.4 is 5.73 Å². The van der Waals surface area contributed by atoms with Crippen LogP contribution in [0.15, 0.2) is 12.4 Å².